The number of rotatable bonds is 4. The number of carboxylic acids is 1. The van der Waals surface area contributed by atoms with Gasteiger partial charge in [0.25, 0.3) is 0 Å². The van der Waals surface area contributed by atoms with Crippen LogP contribution in [0.15, 0.2) is 24.0 Å². The van der Waals surface area contributed by atoms with Gasteiger partial charge in [-0.25, -0.2) is 23.2 Å². The number of hydrogen-bond donors (Lipinski definition) is 2. The Kier molecular flexibility index (Phi) is 3.39. The molecule has 8 heteroatoms. The van der Waals surface area contributed by atoms with Crippen LogP contribution in [0.3, 0.4) is 0 Å². The van der Waals surface area contributed by atoms with E-state index in [-0.39, 0.29) is 23.9 Å². The highest BCUT2D eigenvalue weighted by atomic mass is 32.2. The Hall–Kier alpha value is -1.80. The highest BCUT2D eigenvalue weighted by Crippen LogP contribution is 2.09. The maximum Gasteiger partial charge on any atom is 0.339 e. The van der Waals surface area contributed by atoms with E-state index in [1.165, 1.54) is 18.6 Å². The molecule has 1 aliphatic heterocycles. The maximum atomic E-state index is 11.2. The van der Waals surface area contributed by atoms with Crippen LogP contribution in [0.4, 0.5) is 0 Å². The molecular weight excluding hydrogens is 258 g/mol. The molecule has 0 saturated carbocycles. The zero-order valence-corrected chi connectivity index (χ0v) is 10.1. The van der Waals surface area contributed by atoms with Crippen LogP contribution in [-0.4, -0.2) is 41.3 Å². The van der Waals surface area contributed by atoms with Crippen LogP contribution in [0, 0.1) is 0 Å². The molecule has 1 aromatic rings. The largest absolute Gasteiger partial charge is 0.478 e. The molecule has 1 aromatic heterocycles. The lowest BCUT2D eigenvalue weighted by Crippen LogP contribution is -2.30. The van der Waals surface area contributed by atoms with Crippen molar-refractivity contribution in [2.45, 2.75) is 12.6 Å². The number of nitrogens with zero attached hydrogens (tertiary/aromatic N) is 2. The molecule has 2 heterocycles. The van der Waals surface area contributed by atoms with Gasteiger partial charge in [0, 0.05) is 24.2 Å². The lowest BCUT2D eigenvalue weighted by atomic mass is 10.2. The quantitative estimate of drug-likeness (QED) is 0.763. The van der Waals surface area contributed by atoms with Gasteiger partial charge in [-0.1, -0.05) is 6.08 Å². The minimum atomic E-state index is -3.12. The van der Waals surface area contributed by atoms with Gasteiger partial charge in [-0.2, -0.15) is 0 Å². The minimum absolute atomic E-state index is 0.00911. The van der Waals surface area contributed by atoms with Crippen molar-refractivity contribution in [1.29, 1.82) is 0 Å². The third kappa shape index (κ3) is 2.90. The normalized spacial score (nSPS) is 21.0. The van der Waals surface area contributed by atoms with Crippen molar-refractivity contribution in [2.75, 3.05) is 5.75 Å². The van der Waals surface area contributed by atoms with Crippen molar-refractivity contribution in [3.8, 4) is 0 Å². The van der Waals surface area contributed by atoms with Gasteiger partial charge in [0.2, 0.25) is 0 Å². The molecule has 0 aliphatic carbocycles. The summed E-state index contributed by atoms with van der Waals surface area (Å²) >= 11 is 0. The second-order valence-electron chi connectivity index (χ2n) is 3.83. The van der Waals surface area contributed by atoms with E-state index in [9.17, 15) is 13.2 Å². The molecule has 0 saturated heterocycles. The third-order valence-electron chi connectivity index (χ3n) is 2.49. The summed E-state index contributed by atoms with van der Waals surface area (Å²) in [5.74, 6) is -1.12. The molecule has 0 bridgehead atoms. The molecule has 1 unspecified atom stereocenters. The summed E-state index contributed by atoms with van der Waals surface area (Å²) in [5.41, 5.74) is 0.338. The van der Waals surface area contributed by atoms with E-state index in [2.05, 4.69) is 15.3 Å². The number of aromatic nitrogens is 2. The fourth-order valence-electron chi connectivity index (χ4n) is 1.61. The van der Waals surface area contributed by atoms with Crippen molar-refractivity contribution in [1.82, 2.24) is 15.3 Å². The number of carbonyl (C=O) groups is 1. The molecule has 0 aromatic carbocycles. The minimum Gasteiger partial charge on any atom is -0.478 e. The van der Waals surface area contributed by atoms with Gasteiger partial charge in [-0.05, 0) is 0 Å². The van der Waals surface area contributed by atoms with Crippen LogP contribution in [0.1, 0.15) is 16.1 Å². The molecule has 18 heavy (non-hydrogen) atoms. The average Bonchev–Trinajstić information content (AvgIpc) is 2.66. The number of hydrogen-bond acceptors (Lipinski definition) is 6. The summed E-state index contributed by atoms with van der Waals surface area (Å²) in [7, 11) is -3.12. The summed E-state index contributed by atoms with van der Waals surface area (Å²) in [6.07, 6.45) is 4.01. The number of nitrogens with one attached hydrogen (secondary N) is 1. The Bertz CT molecular complexity index is 597. The van der Waals surface area contributed by atoms with Gasteiger partial charge in [0.15, 0.2) is 9.84 Å². The zero-order chi connectivity index (χ0) is 13.2. The van der Waals surface area contributed by atoms with Crippen LogP contribution in [-0.2, 0) is 16.4 Å². The maximum absolute atomic E-state index is 11.2. The standard InChI is InChI=1S/C10H11N3O4S/c14-10(15)8-3-11-6-13-9(8)4-12-7-1-2-18(16,17)5-7/h1-3,6-7,12H,4-5H2,(H,14,15). The first kappa shape index (κ1) is 12.7. The van der Waals surface area contributed by atoms with Gasteiger partial charge < -0.3 is 10.4 Å². The van der Waals surface area contributed by atoms with E-state index < -0.39 is 15.8 Å². The number of carboxylic acid groups (broad SMARTS) is 1. The summed E-state index contributed by atoms with van der Waals surface area (Å²) in [4.78, 5) is 18.4. The lowest BCUT2D eigenvalue weighted by Gasteiger charge is -2.10. The topological polar surface area (TPSA) is 109 Å². The van der Waals surface area contributed by atoms with E-state index in [1.807, 2.05) is 0 Å². The van der Waals surface area contributed by atoms with E-state index in [0.29, 0.717) is 5.69 Å². The van der Waals surface area contributed by atoms with Crippen molar-refractivity contribution in [3.63, 3.8) is 0 Å². The van der Waals surface area contributed by atoms with Crippen LogP contribution in [0.25, 0.3) is 0 Å². The van der Waals surface area contributed by atoms with Crippen LogP contribution in [0.5, 0.6) is 0 Å². The molecule has 0 amide bonds. The number of aromatic carboxylic acids is 1. The first-order valence-electron chi connectivity index (χ1n) is 5.14. The van der Waals surface area contributed by atoms with Gasteiger partial charge in [0.1, 0.15) is 11.9 Å². The molecule has 0 radical (unpaired) electrons. The predicted octanol–water partition coefficient (Wildman–Crippen LogP) is -0.425. The fraction of sp³-hybridized carbons (Fsp3) is 0.300. The van der Waals surface area contributed by atoms with Crippen LogP contribution in [0.2, 0.25) is 0 Å². The zero-order valence-electron chi connectivity index (χ0n) is 9.28. The molecule has 7 nitrogen and oxygen atoms in total. The van der Waals surface area contributed by atoms with Gasteiger partial charge in [-0.3, -0.25) is 0 Å². The molecule has 2 rings (SSSR count). The van der Waals surface area contributed by atoms with Crippen molar-refractivity contribution in [3.05, 3.63) is 35.3 Å². The molecule has 2 N–H and O–H groups in total. The van der Waals surface area contributed by atoms with Crippen LogP contribution < -0.4 is 5.32 Å². The van der Waals surface area contributed by atoms with Gasteiger partial charge in [0.05, 0.1) is 11.4 Å². The second kappa shape index (κ2) is 4.83. The fourth-order valence-corrected chi connectivity index (χ4v) is 2.87. The predicted molar refractivity (Wildman–Crippen MR) is 62.5 cm³/mol. The average molecular weight is 269 g/mol. The monoisotopic (exact) mass is 269 g/mol. The first-order chi connectivity index (χ1) is 8.48. The molecule has 1 aliphatic rings. The number of sulfone groups is 1. The van der Waals surface area contributed by atoms with Crippen molar-refractivity contribution >= 4 is 15.8 Å². The van der Waals surface area contributed by atoms with Gasteiger partial charge in [-0.15, -0.1) is 0 Å². The second-order valence-corrected chi connectivity index (χ2v) is 5.76. The summed E-state index contributed by atoms with van der Waals surface area (Å²) in [6, 6.07) is -0.313. The molecule has 0 spiro atoms. The summed E-state index contributed by atoms with van der Waals surface area (Å²) in [5, 5.41) is 13.0. The lowest BCUT2D eigenvalue weighted by molar-refractivity contribution is 0.0694. The Balaban J connectivity index is 2.04. The smallest absolute Gasteiger partial charge is 0.339 e. The Morgan fingerprint density at radius 3 is 2.94 bits per heavy atom. The van der Waals surface area contributed by atoms with Crippen molar-refractivity contribution in [2.24, 2.45) is 0 Å². The molecule has 96 valence electrons. The van der Waals surface area contributed by atoms with E-state index in [0.717, 1.165) is 5.41 Å². The third-order valence-corrected chi connectivity index (χ3v) is 3.88. The summed E-state index contributed by atoms with van der Waals surface area (Å²) < 4.78 is 22.4. The van der Waals surface area contributed by atoms with E-state index in [1.54, 1.807) is 0 Å². The molecular formula is C10H11N3O4S. The van der Waals surface area contributed by atoms with E-state index in [4.69, 9.17) is 5.11 Å². The Morgan fingerprint density at radius 2 is 2.33 bits per heavy atom. The van der Waals surface area contributed by atoms with Crippen LogP contribution >= 0.6 is 0 Å². The first-order valence-corrected chi connectivity index (χ1v) is 6.86. The molecule has 0 fully saturated rings. The van der Waals surface area contributed by atoms with E-state index >= 15 is 0 Å². The van der Waals surface area contributed by atoms with Gasteiger partial charge >= 0.3 is 5.97 Å². The Labute approximate surface area is 103 Å². The Morgan fingerprint density at radius 1 is 1.56 bits per heavy atom. The SMILES string of the molecule is O=C(O)c1cncnc1CNC1C=CS(=O)(=O)C1. The van der Waals surface area contributed by atoms with Crippen molar-refractivity contribution < 1.29 is 18.3 Å². The molecule has 1 atom stereocenters. The highest BCUT2D eigenvalue weighted by Gasteiger charge is 2.21. The highest BCUT2D eigenvalue weighted by molar-refractivity contribution is 7.94. The summed E-state index contributed by atoms with van der Waals surface area (Å²) in [6.45, 7) is 0.175.